The lowest BCUT2D eigenvalue weighted by Gasteiger charge is -2.29. The van der Waals surface area contributed by atoms with Crippen molar-refractivity contribution in [3.05, 3.63) is 16.5 Å². The number of halogens is 1. The van der Waals surface area contributed by atoms with Crippen LogP contribution >= 0.6 is 15.9 Å². The van der Waals surface area contributed by atoms with Crippen molar-refractivity contribution in [3.8, 4) is 0 Å². The number of anilines is 1. The molecule has 1 fully saturated rings. The lowest BCUT2D eigenvalue weighted by atomic mass is 9.84. The van der Waals surface area contributed by atoms with Crippen LogP contribution in [0.4, 0.5) is 5.82 Å². The molecule has 0 bridgehead atoms. The van der Waals surface area contributed by atoms with Crippen LogP contribution in [-0.4, -0.2) is 16.0 Å². The molecular weight excluding hydrogens is 314 g/mol. The van der Waals surface area contributed by atoms with Crippen LogP contribution in [0.25, 0.3) is 0 Å². The van der Waals surface area contributed by atoms with Gasteiger partial charge in [-0.05, 0) is 41.6 Å². The molecule has 1 aliphatic carbocycles. The van der Waals surface area contributed by atoms with E-state index in [1.54, 1.807) is 0 Å². The first-order chi connectivity index (χ1) is 9.36. The zero-order chi connectivity index (χ0) is 14.8. The normalized spacial score (nSPS) is 18.9. The first-order valence-electron chi connectivity index (χ1n) is 7.68. The Balaban J connectivity index is 2.10. The van der Waals surface area contributed by atoms with Crippen LogP contribution < -0.4 is 5.32 Å². The minimum atomic E-state index is -0.0334. The Morgan fingerprint density at radius 3 is 2.45 bits per heavy atom. The van der Waals surface area contributed by atoms with Crippen molar-refractivity contribution in [2.45, 2.75) is 71.3 Å². The second kappa shape index (κ2) is 6.42. The highest BCUT2D eigenvalue weighted by Gasteiger charge is 2.22. The third-order valence-electron chi connectivity index (χ3n) is 4.10. The Morgan fingerprint density at radius 1 is 1.20 bits per heavy atom. The predicted octanol–water partition coefficient (Wildman–Crippen LogP) is 4.92. The molecule has 20 heavy (non-hydrogen) atoms. The van der Waals surface area contributed by atoms with Gasteiger partial charge < -0.3 is 5.32 Å². The van der Waals surface area contributed by atoms with Gasteiger partial charge in [-0.1, -0.05) is 40.0 Å². The highest BCUT2D eigenvalue weighted by atomic mass is 79.9. The van der Waals surface area contributed by atoms with Gasteiger partial charge >= 0.3 is 0 Å². The number of hydrogen-bond acceptors (Lipinski definition) is 3. The van der Waals surface area contributed by atoms with Gasteiger partial charge in [0, 0.05) is 17.5 Å². The summed E-state index contributed by atoms with van der Waals surface area (Å²) < 4.78 is 0.857. The standard InChI is InChI=1S/C16H26BrN3/c1-11(12-8-6-5-7-9-12)18-14-10-13(17)19-15(20-14)16(2,3)4/h10-12H,5-9H2,1-4H3,(H,18,19,20). The van der Waals surface area contributed by atoms with Crippen LogP contribution in [0.2, 0.25) is 0 Å². The van der Waals surface area contributed by atoms with E-state index in [0.717, 1.165) is 22.2 Å². The highest BCUT2D eigenvalue weighted by molar-refractivity contribution is 9.10. The number of hydrogen-bond donors (Lipinski definition) is 1. The van der Waals surface area contributed by atoms with Crippen LogP contribution in [-0.2, 0) is 5.41 Å². The minimum Gasteiger partial charge on any atom is -0.367 e. The Kier molecular flexibility index (Phi) is 5.05. The minimum absolute atomic E-state index is 0.0334. The van der Waals surface area contributed by atoms with E-state index in [1.807, 2.05) is 6.07 Å². The lowest BCUT2D eigenvalue weighted by molar-refractivity contribution is 0.328. The smallest absolute Gasteiger partial charge is 0.137 e. The molecule has 1 heterocycles. The molecule has 0 amide bonds. The third kappa shape index (κ3) is 4.18. The summed E-state index contributed by atoms with van der Waals surface area (Å²) in [7, 11) is 0. The molecule has 2 rings (SSSR count). The zero-order valence-corrected chi connectivity index (χ0v) is 14.6. The van der Waals surface area contributed by atoms with Gasteiger partial charge in [-0.3, -0.25) is 0 Å². The van der Waals surface area contributed by atoms with E-state index < -0.39 is 0 Å². The monoisotopic (exact) mass is 339 g/mol. The summed E-state index contributed by atoms with van der Waals surface area (Å²) in [5.74, 6) is 2.59. The van der Waals surface area contributed by atoms with Crippen LogP contribution in [0.1, 0.15) is 65.6 Å². The largest absolute Gasteiger partial charge is 0.367 e. The average Bonchev–Trinajstić information content (AvgIpc) is 2.38. The van der Waals surface area contributed by atoms with E-state index in [-0.39, 0.29) is 5.41 Å². The van der Waals surface area contributed by atoms with E-state index in [9.17, 15) is 0 Å². The molecule has 1 unspecified atom stereocenters. The first-order valence-corrected chi connectivity index (χ1v) is 8.47. The van der Waals surface area contributed by atoms with E-state index in [0.29, 0.717) is 6.04 Å². The van der Waals surface area contributed by atoms with Gasteiger partial charge in [-0.15, -0.1) is 0 Å². The van der Waals surface area contributed by atoms with Crippen molar-refractivity contribution in [2.75, 3.05) is 5.32 Å². The van der Waals surface area contributed by atoms with Crippen LogP contribution in [0, 0.1) is 5.92 Å². The van der Waals surface area contributed by atoms with Crippen molar-refractivity contribution in [1.82, 2.24) is 9.97 Å². The summed E-state index contributed by atoms with van der Waals surface area (Å²) in [5, 5.41) is 3.58. The SMILES string of the molecule is CC(Nc1cc(Br)nc(C(C)(C)C)n1)C1CCCCC1. The fraction of sp³-hybridized carbons (Fsp3) is 0.750. The first kappa shape index (κ1) is 15.7. The predicted molar refractivity (Wildman–Crippen MR) is 88.1 cm³/mol. The van der Waals surface area contributed by atoms with Gasteiger partial charge in [-0.25, -0.2) is 9.97 Å². The van der Waals surface area contributed by atoms with Crippen molar-refractivity contribution in [2.24, 2.45) is 5.92 Å². The van der Waals surface area contributed by atoms with Crippen LogP contribution in [0.15, 0.2) is 10.7 Å². The second-order valence-electron chi connectivity index (χ2n) is 6.98. The fourth-order valence-electron chi connectivity index (χ4n) is 2.81. The van der Waals surface area contributed by atoms with Crippen molar-refractivity contribution in [3.63, 3.8) is 0 Å². The second-order valence-corrected chi connectivity index (χ2v) is 7.79. The fourth-order valence-corrected chi connectivity index (χ4v) is 3.20. The molecule has 112 valence electrons. The molecule has 1 aromatic rings. The Bertz CT molecular complexity index is 448. The van der Waals surface area contributed by atoms with Gasteiger partial charge in [0.2, 0.25) is 0 Å². The molecule has 1 N–H and O–H groups in total. The van der Waals surface area contributed by atoms with Crippen LogP contribution in [0.5, 0.6) is 0 Å². The molecule has 0 saturated heterocycles. The van der Waals surface area contributed by atoms with Gasteiger partial charge in [0.15, 0.2) is 0 Å². The van der Waals surface area contributed by atoms with Crippen molar-refractivity contribution >= 4 is 21.7 Å². The molecule has 0 aliphatic heterocycles. The van der Waals surface area contributed by atoms with Gasteiger partial charge in [-0.2, -0.15) is 0 Å². The van der Waals surface area contributed by atoms with E-state index >= 15 is 0 Å². The van der Waals surface area contributed by atoms with Crippen LogP contribution in [0.3, 0.4) is 0 Å². The van der Waals surface area contributed by atoms with Crippen molar-refractivity contribution < 1.29 is 0 Å². The van der Waals surface area contributed by atoms with Crippen molar-refractivity contribution in [1.29, 1.82) is 0 Å². The van der Waals surface area contributed by atoms with Gasteiger partial charge in [0.05, 0.1) is 0 Å². The summed E-state index contributed by atoms with van der Waals surface area (Å²) in [4.78, 5) is 9.18. The summed E-state index contributed by atoms with van der Waals surface area (Å²) in [6.07, 6.45) is 6.82. The molecule has 1 aromatic heterocycles. The molecule has 0 aromatic carbocycles. The zero-order valence-electron chi connectivity index (χ0n) is 13.0. The maximum Gasteiger partial charge on any atom is 0.137 e. The molecule has 1 atom stereocenters. The molecular formula is C16H26BrN3. The number of nitrogens with one attached hydrogen (secondary N) is 1. The maximum absolute atomic E-state index is 4.69. The molecule has 1 saturated carbocycles. The molecule has 1 aliphatic rings. The highest BCUT2D eigenvalue weighted by Crippen LogP contribution is 2.29. The molecule has 0 radical (unpaired) electrons. The Labute approximate surface area is 131 Å². The maximum atomic E-state index is 4.69. The summed E-state index contributed by atoms with van der Waals surface area (Å²) in [6.45, 7) is 8.71. The van der Waals surface area contributed by atoms with E-state index in [2.05, 4.69) is 58.9 Å². The number of nitrogens with zero attached hydrogens (tertiary/aromatic N) is 2. The van der Waals surface area contributed by atoms with E-state index in [4.69, 9.17) is 0 Å². The molecule has 4 heteroatoms. The quantitative estimate of drug-likeness (QED) is 0.794. The van der Waals surface area contributed by atoms with E-state index in [1.165, 1.54) is 32.1 Å². The third-order valence-corrected chi connectivity index (χ3v) is 4.50. The number of aromatic nitrogens is 2. The van der Waals surface area contributed by atoms with Gasteiger partial charge in [0.25, 0.3) is 0 Å². The molecule has 3 nitrogen and oxygen atoms in total. The Hall–Kier alpha value is -0.640. The average molecular weight is 340 g/mol. The number of rotatable bonds is 3. The Morgan fingerprint density at radius 2 is 1.85 bits per heavy atom. The van der Waals surface area contributed by atoms with Gasteiger partial charge in [0.1, 0.15) is 16.2 Å². The topological polar surface area (TPSA) is 37.8 Å². The summed E-state index contributed by atoms with van der Waals surface area (Å²) in [6, 6.07) is 2.46. The summed E-state index contributed by atoms with van der Waals surface area (Å²) >= 11 is 3.50. The molecule has 0 spiro atoms. The summed E-state index contributed by atoms with van der Waals surface area (Å²) in [5.41, 5.74) is -0.0334. The lowest BCUT2D eigenvalue weighted by Crippen LogP contribution is -2.28.